The predicted octanol–water partition coefficient (Wildman–Crippen LogP) is 2.97. The lowest BCUT2D eigenvalue weighted by Gasteiger charge is -2.03. The van der Waals surface area contributed by atoms with Gasteiger partial charge in [-0.2, -0.15) is 0 Å². The Bertz CT molecular complexity index is 571. The second-order valence-corrected chi connectivity index (χ2v) is 3.97. The van der Waals surface area contributed by atoms with E-state index >= 15 is 0 Å². The summed E-state index contributed by atoms with van der Waals surface area (Å²) in [6.07, 6.45) is 3.60. The Labute approximate surface area is 106 Å². The lowest BCUT2D eigenvalue weighted by atomic mass is 10.2. The molecule has 2 rings (SSSR count). The number of nitrogens with zero attached hydrogens (tertiary/aromatic N) is 1. The standard InChI is InChI=1S/C14H17N3O/c1-3-9-15-14(18)16-12-10-17(4-2)13-8-6-5-7-11(12)13/h3,5-8,10H,1,4,9H2,2H3,(H2,15,16,18). The summed E-state index contributed by atoms with van der Waals surface area (Å²) < 4.78 is 2.11. The van der Waals surface area contributed by atoms with Crippen molar-refractivity contribution >= 4 is 22.6 Å². The molecule has 1 aromatic carbocycles. The minimum absolute atomic E-state index is 0.214. The number of hydrogen-bond acceptors (Lipinski definition) is 1. The molecule has 0 aliphatic carbocycles. The molecule has 0 unspecified atom stereocenters. The molecule has 0 spiro atoms. The summed E-state index contributed by atoms with van der Waals surface area (Å²) in [6, 6.07) is 7.80. The van der Waals surface area contributed by atoms with Gasteiger partial charge in [-0.25, -0.2) is 4.79 Å². The second-order valence-electron chi connectivity index (χ2n) is 3.97. The van der Waals surface area contributed by atoms with Crippen molar-refractivity contribution in [3.8, 4) is 0 Å². The molecule has 94 valence electrons. The number of nitrogens with one attached hydrogen (secondary N) is 2. The van der Waals surface area contributed by atoms with Crippen molar-refractivity contribution in [3.05, 3.63) is 43.1 Å². The predicted molar refractivity (Wildman–Crippen MR) is 74.8 cm³/mol. The van der Waals surface area contributed by atoms with Crippen molar-refractivity contribution in [1.82, 2.24) is 9.88 Å². The average Bonchev–Trinajstić information content (AvgIpc) is 2.75. The number of hydrogen-bond donors (Lipinski definition) is 2. The molecular formula is C14H17N3O. The number of rotatable bonds is 4. The fourth-order valence-corrected chi connectivity index (χ4v) is 1.94. The van der Waals surface area contributed by atoms with Crippen LogP contribution in [0, 0.1) is 0 Å². The van der Waals surface area contributed by atoms with Gasteiger partial charge in [0.25, 0.3) is 0 Å². The normalized spacial score (nSPS) is 10.3. The first-order valence-electron chi connectivity index (χ1n) is 6.00. The molecular weight excluding hydrogens is 226 g/mol. The highest BCUT2D eigenvalue weighted by molar-refractivity contribution is 6.01. The van der Waals surface area contributed by atoms with E-state index in [2.05, 4.69) is 28.7 Å². The zero-order valence-corrected chi connectivity index (χ0v) is 10.4. The Hall–Kier alpha value is -2.23. The van der Waals surface area contributed by atoms with Crippen LogP contribution in [0.4, 0.5) is 10.5 Å². The van der Waals surface area contributed by atoms with E-state index in [1.54, 1.807) is 6.08 Å². The lowest BCUT2D eigenvalue weighted by molar-refractivity contribution is 0.253. The lowest BCUT2D eigenvalue weighted by Crippen LogP contribution is -2.28. The number of carbonyl (C=O) groups is 1. The monoisotopic (exact) mass is 243 g/mol. The molecule has 0 saturated heterocycles. The maximum atomic E-state index is 11.6. The minimum atomic E-state index is -0.214. The number of amides is 2. The summed E-state index contributed by atoms with van der Waals surface area (Å²) in [5, 5.41) is 6.60. The molecule has 4 heteroatoms. The first kappa shape index (κ1) is 12.2. The van der Waals surface area contributed by atoms with Gasteiger partial charge in [0.1, 0.15) is 0 Å². The van der Waals surface area contributed by atoms with Crippen LogP contribution in [-0.2, 0) is 6.54 Å². The van der Waals surface area contributed by atoms with Crippen LogP contribution in [0.1, 0.15) is 6.92 Å². The Morgan fingerprint density at radius 3 is 2.94 bits per heavy atom. The molecule has 0 bridgehead atoms. The fourth-order valence-electron chi connectivity index (χ4n) is 1.94. The molecule has 0 saturated carbocycles. The molecule has 0 aliphatic rings. The highest BCUT2D eigenvalue weighted by Crippen LogP contribution is 2.25. The highest BCUT2D eigenvalue weighted by atomic mass is 16.2. The maximum absolute atomic E-state index is 11.6. The number of urea groups is 1. The van der Waals surface area contributed by atoms with Crippen LogP contribution in [0.3, 0.4) is 0 Å². The number of fused-ring (bicyclic) bond motifs is 1. The van der Waals surface area contributed by atoms with E-state index in [0.29, 0.717) is 6.54 Å². The number of benzene rings is 1. The van der Waals surface area contributed by atoms with Crippen molar-refractivity contribution in [2.45, 2.75) is 13.5 Å². The Morgan fingerprint density at radius 1 is 1.44 bits per heavy atom. The van der Waals surface area contributed by atoms with Crippen LogP contribution in [0.25, 0.3) is 10.9 Å². The van der Waals surface area contributed by atoms with Crippen LogP contribution in [-0.4, -0.2) is 17.1 Å². The fraction of sp³-hybridized carbons (Fsp3) is 0.214. The summed E-state index contributed by atoms with van der Waals surface area (Å²) in [5.74, 6) is 0. The average molecular weight is 243 g/mol. The first-order chi connectivity index (χ1) is 8.76. The van der Waals surface area contributed by atoms with Gasteiger partial charge in [-0.1, -0.05) is 24.3 Å². The third kappa shape index (κ3) is 2.37. The number of aryl methyl sites for hydroxylation is 1. The van der Waals surface area contributed by atoms with Gasteiger partial charge >= 0.3 is 6.03 Å². The summed E-state index contributed by atoms with van der Waals surface area (Å²) in [5.41, 5.74) is 1.95. The second kappa shape index (κ2) is 5.40. The van der Waals surface area contributed by atoms with E-state index in [9.17, 15) is 4.79 Å². The molecule has 0 radical (unpaired) electrons. The van der Waals surface area contributed by atoms with Gasteiger partial charge in [0.15, 0.2) is 0 Å². The van der Waals surface area contributed by atoms with Crippen molar-refractivity contribution in [2.24, 2.45) is 0 Å². The summed E-state index contributed by atoms with van der Waals surface area (Å²) in [6.45, 7) is 6.97. The zero-order chi connectivity index (χ0) is 13.0. The Balaban J connectivity index is 2.28. The van der Waals surface area contributed by atoms with Crippen molar-refractivity contribution in [3.63, 3.8) is 0 Å². The quantitative estimate of drug-likeness (QED) is 0.797. The van der Waals surface area contributed by atoms with Crippen LogP contribution in [0.15, 0.2) is 43.1 Å². The van der Waals surface area contributed by atoms with Crippen molar-refractivity contribution in [2.75, 3.05) is 11.9 Å². The van der Waals surface area contributed by atoms with E-state index in [4.69, 9.17) is 0 Å². The molecule has 0 fully saturated rings. The first-order valence-corrected chi connectivity index (χ1v) is 6.00. The van der Waals surface area contributed by atoms with Crippen LogP contribution < -0.4 is 10.6 Å². The summed E-state index contributed by atoms with van der Waals surface area (Å²) in [4.78, 5) is 11.6. The topological polar surface area (TPSA) is 46.1 Å². The van der Waals surface area contributed by atoms with Gasteiger partial charge in [0.05, 0.1) is 11.2 Å². The Kier molecular flexibility index (Phi) is 3.67. The third-order valence-electron chi connectivity index (χ3n) is 2.78. The molecule has 0 atom stereocenters. The third-order valence-corrected chi connectivity index (χ3v) is 2.78. The van der Waals surface area contributed by atoms with Gasteiger partial charge in [-0.15, -0.1) is 6.58 Å². The van der Waals surface area contributed by atoms with Crippen molar-refractivity contribution in [1.29, 1.82) is 0 Å². The van der Waals surface area contributed by atoms with E-state index in [1.807, 2.05) is 30.5 Å². The molecule has 0 aliphatic heterocycles. The van der Waals surface area contributed by atoms with Crippen LogP contribution in [0.5, 0.6) is 0 Å². The van der Waals surface area contributed by atoms with E-state index in [-0.39, 0.29) is 6.03 Å². The SMILES string of the molecule is C=CCNC(=O)Nc1cn(CC)c2ccccc12. The summed E-state index contributed by atoms with van der Waals surface area (Å²) in [7, 11) is 0. The van der Waals surface area contributed by atoms with Crippen molar-refractivity contribution < 1.29 is 4.79 Å². The van der Waals surface area contributed by atoms with E-state index < -0.39 is 0 Å². The van der Waals surface area contributed by atoms with Crippen LogP contribution in [0.2, 0.25) is 0 Å². The van der Waals surface area contributed by atoms with Gasteiger partial charge in [0, 0.05) is 24.7 Å². The number of anilines is 1. The number of para-hydroxylation sites is 1. The molecule has 1 heterocycles. The maximum Gasteiger partial charge on any atom is 0.319 e. The van der Waals surface area contributed by atoms with E-state index in [0.717, 1.165) is 23.1 Å². The van der Waals surface area contributed by atoms with Gasteiger partial charge in [-0.3, -0.25) is 0 Å². The molecule has 2 N–H and O–H groups in total. The molecule has 18 heavy (non-hydrogen) atoms. The zero-order valence-electron chi connectivity index (χ0n) is 10.4. The number of carbonyl (C=O) groups excluding carboxylic acids is 1. The van der Waals surface area contributed by atoms with Gasteiger partial charge in [0.2, 0.25) is 0 Å². The molecule has 2 amide bonds. The summed E-state index contributed by atoms with van der Waals surface area (Å²) >= 11 is 0. The van der Waals surface area contributed by atoms with E-state index in [1.165, 1.54) is 0 Å². The smallest absolute Gasteiger partial charge is 0.319 e. The minimum Gasteiger partial charge on any atom is -0.346 e. The van der Waals surface area contributed by atoms with Crippen LogP contribution >= 0.6 is 0 Å². The largest absolute Gasteiger partial charge is 0.346 e. The van der Waals surface area contributed by atoms with Gasteiger partial charge < -0.3 is 15.2 Å². The highest BCUT2D eigenvalue weighted by Gasteiger charge is 2.09. The number of aromatic nitrogens is 1. The molecule has 1 aromatic heterocycles. The molecule has 4 nitrogen and oxygen atoms in total. The van der Waals surface area contributed by atoms with Gasteiger partial charge in [-0.05, 0) is 13.0 Å². The molecule has 2 aromatic rings. The Morgan fingerprint density at radius 2 is 2.22 bits per heavy atom.